The van der Waals surface area contributed by atoms with E-state index in [2.05, 4.69) is 10.3 Å². The minimum atomic E-state index is 0.269. The fourth-order valence-electron chi connectivity index (χ4n) is 0.298. The number of hydrogen-bond donors (Lipinski definition) is 1. The Labute approximate surface area is 44.6 Å². The Morgan fingerprint density at radius 1 is 1.71 bits per heavy atom. The first-order valence-electron chi connectivity index (χ1n) is 2.46. The Morgan fingerprint density at radius 3 is 2.43 bits per heavy atom. The smallest absolute Gasteiger partial charge is 0.0959 e. The van der Waals surface area contributed by atoms with Crippen LogP contribution in [0.2, 0.25) is 0 Å². The first kappa shape index (κ1) is 6.63. The third-order valence-corrected chi connectivity index (χ3v) is 0.790. The fourth-order valence-corrected chi connectivity index (χ4v) is 0.298. The number of hydrogen-bond acceptors (Lipinski definition) is 2. The molecule has 0 amide bonds. The molecule has 1 atom stereocenters. The van der Waals surface area contributed by atoms with E-state index in [0.29, 0.717) is 0 Å². The molecule has 0 aromatic rings. The maximum Gasteiger partial charge on any atom is 0.0959 e. The maximum atomic E-state index is 4.01. The van der Waals surface area contributed by atoms with E-state index < -0.39 is 0 Å². The molecule has 0 spiro atoms. The van der Waals surface area contributed by atoms with Crippen molar-refractivity contribution < 1.29 is 0 Å². The van der Waals surface area contributed by atoms with Gasteiger partial charge >= 0.3 is 0 Å². The number of rotatable bonds is 2. The largest absolute Gasteiger partial charge is 0.299 e. The second-order valence-corrected chi connectivity index (χ2v) is 1.37. The van der Waals surface area contributed by atoms with Crippen molar-refractivity contribution in [3.63, 3.8) is 0 Å². The van der Waals surface area contributed by atoms with Crippen LogP contribution in [0.4, 0.5) is 0 Å². The van der Waals surface area contributed by atoms with Gasteiger partial charge in [-0.05, 0) is 27.1 Å². The maximum absolute atomic E-state index is 4.01. The van der Waals surface area contributed by atoms with Crippen LogP contribution in [0.5, 0.6) is 0 Å². The quantitative estimate of drug-likeness (QED) is 0.506. The first-order chi connectivity index (χ1) is 3.31. The molecule has 0 rings (SSSR count). The Kier molecular flexibility index (Phi) is 3.61. The Balaban J connectivity index is 3.16. The summed E-state index contributed by atoms with van der Waals surface area (Å²) in [6.07, 6.45) is 2.06. The normalized spacial score (nSPS) is 15.3. The highest BCUT2D eigenvalue weighted by molar-refractivity contribution is 5.53. The Morgan fingerprint density at radius 2 is 2.29 bits per heavy atom. The molecule has 2 nitrogen and oxygen atoms in total. The molecule has 0 aromatic heterocycles. The highest BCUT2D eigenvalue weighted by Crippen LogP contribution is 1.76. The van der Waals surface area contributed by atoms with E-state index in [1.807, 2.05) is 20.9 Å². The summed E-state index contributed by atoms with van der Waals surface area (Å²) in [6.45, 7) is 3.91. The lowest BCUT2D eigenvalue weighted by Gasteiger charge is -1.99. The van der Waals surface area contributed by atoms with Crippen LogP contribution in [0.15, 0.2) is 4.99 Å². The zero-order chi connectivity index (χ0) is 5.70. The highest BCUT2D eigenvalue weighted by atomic mass is 15.0. The minimum Gasteiger partial charge on any atom is -0.299 e. The Hall–Kier alpha value is -0.370. The van der Waals surface area contributed by atoms with E-state index in [4.69, 9.17) is 0 Å². The molecule has 0 saturated carbocycles. The van der Waals surface area contributed by atoms with E-state index in [9.17, 15) is 0 Å². The van der Waals surface area contributed by atoms with Gasteiger partial charge in [0.25, 0.3) is 0 Å². The van der Waals surface area contributed by atoms with Crippen LogP contribution in [0.25, 0.3) is 0 Å². The van der Waals surface area contributed by atoms with E-state index in [0.717, 1.165) is 0 Å². The molecule has 1 N–H and O–H groups in total. The standard InChI is InChI=1S/C5H12N2/c1-4-7-5(2)6-3/h4-6H,1-3H3/t5-/m0/s1. The van der Waals surface area contributed by atoms with E-state index in [1.165, 1.54) is 0 Å². The van der Waals surface area contributed by atoms with E-state index in [-0.39, 0.29) is 6.17 Å². The zero-order valence-electron chi connectivity index (χ0n) is 5.10. The van der Waals surface area contributed by atoms with Crippen molar-refractivity contribution in [1.82, 2.24) is 5.32 Å². The molecule has 2 heteroatoms. The van der Waals surface area contributed by atoms with Gasteiger partial charge in [0.05, 0.1) is 6.17 Å². The summed E-state index contributed by atoms with van der Waals surface area (Å²) >= 11 is 0. The summed E-state index contributed by atoms with van der Waals surface area (Å²) in [5.74, 6) is 0. The molecule has 0 aliphatic carbocycles. The number of nitrogens with one attached hydrogen (secondary N) is 1. The molecule has 0 unspecified atom stereocenters. The van der Waals surface area contributed by atoms with Crippen molar-refractivity contribution in [1.29, 1.82) is 0 Å². The van der Waals surface area contributed by atoms with Gasteiger partial charge in [0.15, 0.2) is 0 Å². The average molecular weight is 100 g/mol. The van der Waals surface area contributed by atoms with Gasteiger partial charge in [-0.1, -0.05) is 0 Å². The van der Waals surface area contributed by atoms with Gasteiger partial charge in [-0.25, -0.2) is 0 Å². The van der Waals surface area contributed by atoms with Crippen molar-refractivity contribution in [2.75, 3.05) is 7.05 Å². The van der Waals surface area contributed by atoms with Gasteiger partial charge < -0.3 is 0 Å². The van der Waals surface area contributed by atoms with Crippen LogP contribution < -0.4 is 5.32 Å². The molecule has 42 valence electrons. The summed E-state index contributed by atoms with van der Waals surface area (Å²) in [7, 11) is 1.89. The lowest BCUT2D eigenvalue weighted by molar-refractivity contribution is 0.644. The summed E-state index contributed by atoms with van der Waals surface area (Å²) in [5.41, 5.74) is 0. The zero-order valence-corrected chi connectivity index (χ0v) is 5.10. The molecule has 0 fully saturated rings. The molecule has 0 aliphatic rings. The molecule has 0 aliphatic heterocycles. The second-order valence-electron chi connectivity index (χ2n) is 1.37. The molecule has 0 saturated heterocycles. The SMILES string of the molecule is CC=N[C@@H](C)NC. The fraction of sp³-hybridized carbons (Fsp3) is 0.800. The van der Waals surface area contributed by atoms with Crippen LogP contribution in [0.3, 0.4) is 0 Å². The van der Waals surface area contributed by atoms with Gasteiger partial charge in [0.1, 0.15) is 0 Å². The molecular formula is C5H12N2. The number of nitrogens with zero attached hydrogens (tertiary/aromatic N) is 1. The minimum absolute atomic E-state index is 0.269. The summed E-state index contributed by atoms with van der Waals surface area (Å²) < 4.78 is 0. The van der Waals surface area contributed by atoms with Gasteiger partial charge in [-0.2, -0.15) is 0 Å². The summed E-state index contributed by atoms with van der Waals surface area (Å²) in [6, 6.07) is 0. The predicted molar refractivity (Wildman–Crippen MR) is 32.7 cm³/mol. The number of aliphatic imine (C=N–C) groups is 1. The third kappa shape index (κ3) is 3.46. The van der Waals surface area contributed by atoms with Gasteiger partial charge in [-0.3, -0.25) is 10.3 Å². The van der Waals surface area contributed by atoms with E-state index >= 15 is 0 Å². The van der Waals surface area contributed by atoms with Gasteiger partial charge in [-0.15, -0.1) is 0 Å². The first-order valence-corrected chi connectivity index (χ1v) is 2.46. The molecule has 0 aromatic carbocycles. The van der Waals surface area contributed by atoms with Crippen molar-refractivity contribution in [2.24, 2.45) is 4.99 Å². The average Bonchev–Trinajstić information content (AvgIpc) is 1.68. The van der Waals surface area contributed by atoms with Crippen LogP contribution >= 0.6 is 0 Å². The van der Waals surface area contributed by atoms with Crippen LogP contribution in [-0.4, -0.2) is 19.4 Å². The monoisotopic (exact) mass is 100 g/mol. The highest BCUT2D eigenvalue weighted by Gasteiger charge is 1.84. The lowest BCUT2D eigenvalue weighted by atomic mass is 10.6. The molecule has 7 heavy (non-hydrogen) atoms. The van der Waals surface area contributed by atoms with Crippen LogP contribution in [0, 0.1) is 0 Å². The Bertz CT molecular complexity index is 59.1. The summed E-state index contributed by atoms with van der Waals surface area (Å²) in [5, 5.41) is 2.97. The van der Waals surface area contributed by atoms with Crippen molar-refractivity contribution in [3.8, 4) is 0 Å². The van der Waals surface area contributed by atoms with E-state index in [1.54, 1.807) is 6.21 Å². The van der Waals surface area contributed by atoms with Gasteiger partial charge in [0, 0.05) is 0 Å². The van der Waals surface area contributed by atoms with Gasteiger partial charge in [0.2, 0.25) is 0 Å². The van der Waals surface area contributed by atoms with Crippen LogP contribution in [0.1, 0.15) is 13.8 Å². The van der Waals surface area contributed by atoms with Crippen molar-refractivity contribution in [3.05, 3.63) is 0 Å². The third-order valence-electron chi connectivity index (χ3n) is 0.790. The molecular weight excluding hydrogens is 88.1 g/mol. The lowest BCUT2D eigenvalue weighted by Crippen LogP contribution is -2.17. The van der Waals surface area contributed by atoms with Crippen molar-refractivity contribution in [2.45, 2.75) is 20.0 Å². The second kappa shape index (κ2) is 3.81. The molecule has 0 bridgehead atoms. The molecule has 0 heterocycles. The summed E-state index contributed by atoms with van der Waals surface area (Å²) in [4.78, 5) is 4.01. The molecule has 0 radical (unpaired) electrons. The topological polar surface area (TPSA) is 24.4 Å². The predicted octanol–water partition coefficient (Wildman–Crippen LogP) is 0.643. The van der Waals surface area contributed by atoms with Crippen molar-refractivity contribution >= 4 is 6.21 Å². The van der Waals surface area contributed by atoms with Crippen LogP contribution in [-0.2, 0) is 0 Å².